The van der Waals surface area contributed by atoms with E-state index in [9.17, 15) is 4.79 Å². The van der Waals surface area contributed by atoms with Gasteiger partial charge in [-0.3, -0.25) is 4.79 Å². The van der Waals surface area contributed by atoms with Crippen LogP contribution in [-0.4, -0.2) is 12.9 Å². The Labute approximate surface area is 136 Å². The van der Waals surface area contributed by atoms with Gasteiger partial charge in [-0.15, -0.1) is 0 Å². The SMILES string of the molecule is COc1ccc(C2CC(=O)c3cc(Cl)ccc3O2)cc1Br. The molecule has 5 heteroatoms. The molecular formula is C16H12BrClO3. The van der Waals surface area contributed by atoms with E-state index in [1.54, 1.807) is 25.3 Å². The normalized spacial score (nSPS) is 17.1. The quantitative estimate of drug-likeness (QED) is 0.763. The van der Waals surface area contributed by atoms with E-state index in [2.05, 4.69) is 15.9 Å². The molecule has 1 aliphatic rings. The number of fused-ring (bicyclic) bond motifs is 1. The highest BCUT2D eigenvalue weighted by Crippen LogP contribution is 2.38. The molecule has 1 heterocycles. The summed E-state index contributed by atoms with van der Waals surface area (Å²) in [6, 6.07) is 10.8. The van der Waals surface area contributed by atoms with E-state index in [0.717, 1.165) is 15.8 Å². The average molecular weight is 368 g/mol. The monoisotopic (exact) mass is 366 g/mol. The Balaban J connectivity index is 1.94. The van der Waals surface area contributed by atoms with E-state index in [-0.39, 0.29) is 11.9 Å². The van der Waals surface area contributed by atoms with E-state index in [4.69, 9.17) is 21.1 Å². The summed E-state index contributed by atoms with van der Waals surface area (Å²) in [4.78, 5) is 12.3. The molecule has 0 amide bonds. The number of carbonyl (C=O) groups excluding carboxylic acids is 1. The van der Waals surface area contributed by atoms with Gasteiger partial charge in [0.2, 0.25) is 0 Å². The van der Waals surface area contributed by atoms with Gasteiger partial charge in [-0.25, -0.2) is 0 Å². The third-order valence-electron chi connectivity index (χ3n) is 3.43. The number of benzene rings is 2. The van der Waals surface area contributed by atoms with Crippen molar-refractivity contribution >= 4 is 33.3 Å². The van der Waals surface area contributed by atoms with E-state index in [1.165, 1.54) is 0 Å². The number of ether oxygens (including phenoxy) is 2. The first-order valence-electron chi connectivity index (χ1n) is 6.41. The van der Waals surface area contributed by atoms with Crippen molar-refractivity contribution in [2.75, 3.05) is 7.11 Å². The van der Waals surface area contributed by atoms with Crippen molar-refractivity contribution in [3.05, 3.63) is 57.0 Å². The lowest BCUT2D eigenvalue weighted by atomic mass is 9.96. The number of Topliss-reactive ketones (excluding diaryl/α,β-unsaturated/α-hetero) is 1. The highest BCUT2D eigenvalue weighted by molar-refractivity contribution is 9.10. The summed E-state index contributed by atoms with van der Waals surface area (Å²) in [5.41, 5.74) is 1.47. The second kappa shape index (κ2) is 5.70. The summed E-state index contributed by atoms with van der Waals surface area (Å²) in [5.74, 6) is 1.36. The van der Waals surface area contributed by atoms with Crippen LogP contribution in [0.25, 0.3) is 0 Å². The highest BCUT2D eigenvalue weighted by Gasteiger charge is 2.28. The van der Waals surface area contributed by atoms with Gasteiger partial charge in [-0.05, 0) is 51.8 Å². The third kappa shape index (κ3) is 2.78. The van der Waals surface area contributed by atoms with E-state index in [1.807, 2.05) is 18.2 Å². The minimum Gasteiger partial charge on any atom is -0.496 e. The molecule has 108 valence electrons. The number of carbonyl (C=O) groups is 1. The first-order valence-corrected chi connectivity index (χ1v) is 7.58. The van der Waals surface area contributed by atoms with Crippen LogP contribution in [-0.2, 0) is 0 Å². The largest absolute Gasteiger partial charge is 0.496 e. The lowest BCUT2D eigenvalue weighted by Gasteiger charge is -2.26. The minimum absolute atomic E-state index is 0.0377. The molecule has 21 heavy (non-hydrogen) atoms. The minimum atomic E-state index is -0.298. The maximum atomic E-state index is 12.3. The molecule has 0 radical (unpaired) electrons. The number of hydrogen-bond donors (Lipinski definition) is 0. The number of methoxy groups -OCH3 is 1. The van der Waals surface area contributed by atoms with Crippen LogP contribution in [0.4, 0.5) is 0 Å². The van der Waals surface area contributed by atoms with Crippen molar-refractivity contribution in [3.8, 4) is 11.5 Å². The Morgan fingerprint density at radius 1 is 1.29 bits per heavy atom. The zero-order valence-electron chi connectivity index (χ0n) is 11.2. The molecule has 3 nitrogen and oxygen atoms in total. The zero-order chi connectivity index (χ0) is 15.0. The molecule has 2 aromatic rings. The summed E-state index contributed by atoms with van der Waals surface area (Å²) in [6.45, 7) is 0. The van der Waals surface area contributed by atoms with Crippen LogP contribution in [0.5, 0.6) is 11.5 Å². The van der Waals surface area contributed by atoms with Crippen LogP contribution in [0, 0.1) is 0 Å². The molecule has 0 spiro atoms. The van der Waals surface area contributed by atoms with Crippen LogP contribution >= 0.6 is 27.5 Å². The second-order valence-corrected chi connectivity index (χ2v) is 6.06. The van der Waals surface area contributed by atoms with E-state index >= 15 is 0 Å². The maximum absolute atomic E-state index is 12.3. The highest BCUT2D eigenvalue weighted by atomic mass is 79.9. The molecule has 0 aromatic heterocycles. The Bertz CT molecular complexity index is 715. The Morgan fingerprint density at radius 2 is 2.10 bits per heavy atom. The molecule has 1 aliphatic heterocycles. The van der Waals surface area contributed by atoms with E-state index < -0.39 is 0 Å². The molecule has 1 unspecified atom stereocenters. The molecular weight excluding hydrogens is 356 g/mol. The van der Waals surface area contributed by atoms with Gasteiger partial charge < -0.3 is 9.47 Å². The van der Waals surface area contributed by atoms with Crippen molar-refractivity contribution < 1.29 is 14.3 Å². The summed E-state index contributed by atoms with van der Waals surface area (Å²) >= 11 is 9.37. The topological polar surface area (TPSA) is 35.5 Å². The van der Waals surface area contributed by atoms with Crippen molar-refractivity contribution in [2.24, 2.45) is 0 Å². The van der Waals surface area contributed by atoms with Crippen molar-refractivity contribution in [2.45, 2.75) is 12.5 Å². The molecule has 0 saturated carbocycles. The summed E-state index contributed by atoms with van der Waals surface area (Å²) in [6.07, 6.45) is -0.0000656. The van der Waals surface area contributed by atoms with Crippen LogP contribution in [0.3, 0.4) is 0 Å². The fourth-order valence-electron chi connectivity index (χ4n) is 2.36. The van der Waals surface area contributed by atoms with Gasteiger partial charge in [0.15, 0.2) is 5.78 Å². The van der Waals surface area contributed by atoms with Crippen LogP contribution in [0.15, 0.2) is 40.9 Å². The molecule has 0 saturated heterocycles. The average Bonchev–Trinajstić information content (AvgIpc) is 2.47. The molecule has 0 aliphatic carbocycles. The molecule has 0 N–H and O–H groups in total. The Kier molecular flexibility index (Phi) is 3.91. The fourth-order valence-corrected chi connectivity index (χ4v) is 3.10. The summed E-state index contributed by atoms with van der Waals surface area (Å²) in [5, 5.41) is 0.538. The van der Waals surface area contributed by atoms with Gasteiger partial charge in [0.05, 0.1) is 23.6 Å². The number of halogens is 2. The van der Waals surface area contributed by atoms with E-state index in [0.29, 0.717) is 22.8 Å². The lowest BCUT2D eigenvalue weighted by molar-refractivity contribution is 0.0850. The van der Waals surface area contributed by atoms with Gasteiger partial charge in [0.1, 0.15) is 17.6 Å². The second-order valence-electron chi connectivity index (χ2n) is 4.77. The van der Waals surface area contributed by atoms with Crippen molar-refractivity contribution in [3.63, 3.8) is 0 Å². The molecule has 2 aromatic carbocycles. The fraction of sp³-hybridized carbons (Fsp3) is 0.188. The van der Waals surface area contributed by atoms with Crippen molar-refractivity contribution in [1.29, 1.82) is 0 Å². The van der Waals surface area contributed by atoms with Crippen LogP contribution in [0.2, 0.25) is 5.02 Å². The molecule has 3 rings (SSSR count). The Morgan fingerprint density at radius 3 is 2.81 bits per heavy atom. The lowest BCUT2D eigenvalue weighted by Crippen LogP contribution is -2.20. The predicted octanol–water partition coefficient (Wildman–Crippen LogP) is 4.82. The summed E-state index contributed by atoms with van der Waals surface area (Å²) in [7, 11) is 1.61. The molecule has 0 bridgehead atoms. The first kappa shape index (κ1) is 14.4. The predicted molar refractivity (Wildman–Crippen MR) is 84.5 cm³/mol. The van der Waals surface area contributed by atoms with Crippen LogP contribution < -0.4 is 9.47 Å². The van der Waals surface area contributed by atoms with Gasteiger partial charge >= 0.3 is 0 Å². The first-order chi connectivity index (χ1) is 10.1. The number of hydrogen-bond acceptors (Lipinski definition) is 3. The number of ketones is 1. The summed E-state index contributed by atoms with van der Waals surface area (Å²) < 4.78 is 12.0. The van der Waals surface area contributed by atoms with Gasteiger partial charge in [-0.1, -0.05) is 17.7 Å². The standard InChI is InChI=1S/C16H12BrClO3/c1-20-15-4-2-9(6-12(15)17)16-8-13(19)11-7-10(18)3-5-14(11)21-16/h2-7,16H,8H2,1H3. The smallest absolute Gasteiger partial charge is 0.170 e. The molecule has 1 atom stereocenters. The van der Waals surface area contributed by atoms with Gasteiger partial charge in [0, 0.05) is 5.02 Å². The van der Waals surface area contributed by atoms with Gasteiger partial charge in [0.25, 0.3) is 0 Å². The zero-order valence-corrected chi connectivity index (χ0v) is 13.6. The van der Waals surface area contributed by atoms with Gasteiger partial charge in [-0.2, -0.15) is 0 Å². The van der Waals surface area contributed by atoms with Crippen LogP contribution in [0.1, 0.15) is 28.4 Å². The Hall–Kier alpha value is -1.52. The number of rotatable bonds is 2. The maximum Gasteiger partial charge on any atom is 0.170 e. The molecule has 0 fully saturated rings. The van der Waals surface area contributed by atoms with Crippen molar-refractivity contribution in [1.82, 2.24) is 0 Å². The third-order valence-corrected chi connectivity index (χ3v) is 4.28.